The lowest BCUT2D eigenvalue weighted by molar-refractivity contribution is -0.146. The summed E-state index contributed by atoms with van der Waals surface area (Å²) >= 11 is 0. The summed E-state index contributed by atoms with van der Waals surface area (Å²) in [6.07, 6.45) is 2.98. The van der Waals surface area contributed by atoms with Crippen molar-refractivity contribution in [3.8, 4) is 0 Å². The van der Waals surface area contributed by atoms with Crippen LogP contribution >= 0.6 is 0 Å². The molecule has 1 N–H and O–H groups in total. The molecule has 0 bridgehead atoms. The molecular weight excluding hydrogens is 274 g/mol. The third-order valence-corrected chi connectivity index (χ3v) is 4.18. The van der Waals surface area contributed by atoms with E-state index in [4.69, 9.17) is 4.74 Å². The van der Waals surface area contributed by atoms with Crippen LogP contribution in [0.25, 0.3) is 0 Å². The fraction of sp³-hybridized carbons (Fsp3) is 0.692. The van der Waals surface area contributed by atoms with Crippen LogP contribution in [0.3, 0.4) is 0 Å². The van der Waals surface area contributed by atoms with E-state index in [1.807, 2.05) is 0 Å². The normalized spacial score (nSPS) is 20.1. The van der Waals surface area contributed by atoms with Crippen molar-refractivity contribution in [2.24, 2.45) is 5.92 Å². The molecule has 2 fully saturated rings. The Hall–Kier alpha value is -1.96. The third kappa shape index (κ3) is 2.76. The van der Waals surface area contributed by atoms with Crippen LogP contribution in [0, 0.1) is 5.92 Å². The van der Waals surface area contributed by atoms with E-state index in [1.54, 1.807) is 15.8 Å². The van der Waals surface area contributed by atoms with E-state index in [1.165, 1.54) is 7.11 Å². The Kier molecular flexibility index (Phi) is 3.87. The van der Waals surface area contributed by atoms with Gasteiger partial charge in [-0.2, -0.15) is 0 Å². The first-order valence-electron chi connectivity index (χ1n) is 7.18. The average Bonchev–Trinajstić information content (AvgIpc) is 2.93. The van der Waals surface area contributed by atoms with Gasteiger partial charge >= 0.3 is 5.97 Å². The van der Waals surface area contributed by atoms with Crippen molar-refractivity contribution < 1.29 is 14.3 Å². The van der Waals surface area contributed by atoms with Crippen molar-refractivity contribution >= 4 is 11.9 Å². The van der Waals surface area contributed by atoms with Crippen molar-refractivity contribution in [1.82, 2.24) is 25.2 Å². The van der Waals surface area contributed by atoms with Crippen molar-refractivity contribution in [3.05, 3.63) is 11.9 Å². The monoisotopic (exact) mass is 293 g/mol. The molecule has 0 radical (unpaired) electrons. The zero-order chi connectivity index (χ0) is 14.8. The Labute approximate surface area is 122 Å². The molecule has 21 heavy (non-hydrogen) atoms. The van der Waals surface area contributed by atoms with Gasteiger partial charge in [0.15, 0.2) is 5.69 Å². The number of hydrogen-bond acceptors (Lipinski definition) is 6. The van der Waals surface area contributed by atoms with Crippen LogP contribution in [-0.2, 0) is 9.53 Å². The maximum Gasteiger partial charge on any atom is 0.308 e. The van der Waals surface area contributed by atoms with Gasteiger partial charge in [-0.1, -0.05) is 5.21 Å². The molecule has 1 aromatic rings. The van der Waals surface area contributed by atoms with Crippen LogP contribution in [-0.4, -0.2) is 65.1 Å². The van der Waals surface area contributed by atoms with E-state index in [0.29, 0.717) is 37.7 Å². The number of nitrogens with one attached hydrogen (secondary N) is 1. The quantitative estimate of drug-likeness (QED) is 0.752. The number of ether oxygens (including phenoxy) is 1. The molecular formula is C13H19N5O3. The molecule has 0 aromatic carbocycles. The van der Waals surface area contributed by atoms with Crippen molar-refractivity contribution in [2.45, 2.75) is 18.9 Å². The zero-order valence-corrected chi connectivity index (χ0v) is 12.0. The SMILES string of the molecule is COC(=O)C1CCN(C(=O)c2cn(C3CNC3)nn2)CC1. The van der Waals surface area contributed by atoms with Gasteiger partial charge in [0.05, 0.1) is 25.3 Å². The van der Waals surface area contributed by atoms with E-state index < -0.39 is 0 Å². The first-order valence-corrected chi connectivity index (χ1v) is 7.18. The fourth-order valence-corrected chi connectivity index (χ4v) is 2.66. The first-order chi connectivity index (χ1) is 10.2. The highest BCUT2D eigenvalue weighted by Crippen LogP contribution is 2.20. The molecule has 0 atom stereocenters. The highest BCUT2D eigenvalue weighted by Gasteiger charge is 2.30. The lowest BCUT2D eigenvalue weighted by Gasteiger charge is -2.30. The summed E-state index contributed by atoms with van der Waals surface area (Å²) < 4.78 is 6.49. The standard InChI is InChI=1S/C13H19N5O3/c1-21-13(20)9-2-4-17(5-3-9)12(19)11-8-18(16-15-11)10-6-14-7-10/h8-10,14H,2-7H2,1H3. The minimum absolute atomic E-state index is 0.101. The number of aromatic nitrogens is 3. The number of esters is 1. The molecule has 2 aliphatic rings. The highest BCUT2D eigenvalue weighted by molar-refractivity contribution is 5.92. The fourth-order valence-electron chi connectivity index (χ4n) is 2.66. The predicted octanol–water partition coefficient (Wildman–Crippen LogP) is -0.552. The number of carbonyl (C=O) groups excluding carboxylic acids is 2. The molecule has 2 saturated heterocycles. The minimum atomic E-state index is -0.189. The maximum absolute atomic E-state index is 12.4. The third-order valence-electron chi connectivity index (χ3n) is 4.18. The number of methoxy groups -OCH3 is 1. The Balaban J connectivity index is 1.58. The van der Waals surface area contributed by atoms with Crippen LogP contribution in [0.1, 0.15) is 29.4 Å². The van der Waals surface area contributed by atoms with Crippen LogP contribution in [0.5, 0.6) is 0 Å². The average molecular weight is 293 g/mol. The molecule has 8 heteroatoms. The largest absolute Gasteiger partial charge is 0.469 e. The van der Waals surface area contributed by atoms with Crippen LogP contribution < -0.4 is 5.32 Å². The molecule has 0 unspecified atom stereocenters. The summed E-state index contributed by atoms with van der Waals surface area (Å²) in [6, 6.07) is 0.295. The van der Waals surface area contributed by atoms with Gasteiger partial charge in [0.1, 0.15) is 0 Å². The predicted molar refractivity (Wildman–Crippen MR) is 72.6 cm³/mol. The summed E-state index contributed by atoms with van der Waals surface area (Å²) in [4.78, 5) is 25.6. The van der Waals surface area contributed by atoms with Crippen molar-refractivity contribution in [2.75, 3.05) is 33.3 Å². The Morgan fingerprint density at radius 2 is 2.05 bits per heavy atom. The van der Waals surface area contributed by atoms with Gasteiger partial charge in [0.25, 0.3) is 5.91 Å². The van der Waals surface area contributed by atoms with E-state index >= 15 is 0 Å². The summed E-state index contributed by atoms with van der Waals surface area (Å²) in [5.74, 6) is -0.404. The highest BCUT2D eigenvalue weighted by atomic mass is 16.5. The first kappa shape index (κ1) is 14.0. The Bertz CT molecular complexity index is 532. The number of rotatable bonds is 3. The second kappa shape index (κ2) is 5.80. The molecule has 3 rings (SSSR count). The van der Waals surface area contributed by atoms with Gasteiger partial charge in [-0.15, -0.1) is 5.10 Å². The molecule has 2 aliphatic heterocycles. The van der Waals surface area contributed by atoms with Gasteiger partial charge in [-0.25, -0.2) is 4.68 Å². The second-order valence-corrected chi connectivity index (χ2v) is 5.49. The van der Waals surface area contributed by atoms with Crippen molar-refractivity contribution in [3.63, 3.8) is 0 Å². The molecule has 0 aliphatic carbocycles. The molecule has 0 spiro atoms. The summed E-state index contributed by atoms with van der Waals surface area (Å²) in [6.45, 7) is 2.83. The number of carbonyl (C=O) groups is 2. The van der Waals surface area contributed by atoms with Gasteiger partial charge < -0.3 is 15.0 Å². The van der Waals surface area contributed by atoms with Crippen LogP contribution in [0.2, 0.25) is 0 Å². The summed E-state index contributed by atoms with van der Waals surface area (Å²) in [7, 11) is 1.40. The molecule has 8 nitrogen and oxygen atoms in total. The van der Waals surface area contributed by atoms with Gasteiger partial charge in [0.2, 0.25) is 0 Å². The smallest absolute Gasteiger partial charge is 0.308 e. The Morgan fingerprint density at radius 1 is 1.33 bits per heavy atom. The van der Waals surface area contributed by atoms with Crippen molar-refractivity contribution in [1.29, 1.82) is 0 Å². The number of nitrogens with zero attached hydrogens (tertiary/aromatic N) is 4. The number of hydrogen-bond donors (Lipinski definition) is 1. The number of amides is 1. The van der Waals surface area contributed by atoms with Gasteiger partial charge in [-0.3, -0.25) is 9.59 Å². The van der Waals surface area contributed by atoms with E-state index in [2.05, 4.69) is 15.6 Å². The molecule has 114 valence electrons. The van der Waals surface area contributed by atoms with E-state index in [0.717, 1.165) is 13.1 Å². The molecule has 1 amide bonds. The van der Waals surface area contributed by atoms with Crippen LogP contribution in [0.15, 0.2) is 6.20 Å². The maximum atomic E-state index is 12.4. The second-order valence-electron chi connectivity index (χ2n) is 5.49. The van der Waals surface area contributed by atoms with Crippen LogP contribution in [0.4, 0.5) is 0 Å². The number of likely N-dealkylation sites (tertiary alicyclic amines) is 1. The number of piperidine rings is 1. The Morgan fingerprint density at radius 3 is 2.62 bits per heavy atom. The molecule has 1 aromatic heterocycles. The summed E-state index contributed by atoms with van der Waals surface area (Å²) in [5.41, 5.74) is 0.374. The molecule has 0 saturated carbocycles. The molecule has 3 heterocycles. The van der Waals surface area contributed by atoms with E-state index in [-0.39, 0.29) is 17.8 Å². The minimum Gasteiger partial charge on any atom is -0.469 e. The zero-order valence-electron chi connectivity index (χ0n) is 12.0. The van der Waals surface area contributed by atoms with Gasteiger partial charge in [0, 0.05) is 26.2 Å². The summed E-state index contributed by atoms with van der Waals surface area (Å²) in [5, 5.41) is 11.1. The topological polar surface area (TPSA) is 89.4 Å². The lowest BCUT2D eigenvalue weighted by Crippen LogP contribution is -2.43. The van der Waals surface area contributed by atoms with Gasteiger partial charge in [-0.05, 0) is 12.8 Å². The lowest BCUT2D eigenvalue weighted by atomic mass is 9.97. The van der Waals surface area contributed by atoms with E-state index in [9.17, 15) is 9.59 Å².